The third-order valence-electron chi connectivity index (χ3n) is 3.04. The first-order chi connectivity index (χ1) is 10.8. The third kappa shape index (κ3) is 3.16. The first-order valence-corrected chi connectivity index (χ1v) is 6.77. The van der Waals surface area contributed by atoms with Crippen LogP contribution in [0.2, 0.25) is 0 Å². The number of nitrogens with one attached hydrogen (secondary N) is 1. The SMILES string of the molecule is OCC(O)CNc1ccc(-c2nnc(-c3ccco3)o2)cc1. The fraction of sp³-hybridized carbons (Fsp3) is 0.200. The number of aromatic nitrogens is 2. The van der Waals surface area contributed by atoms with E-state index in [-0.39, 0.29) is 13.2 Å². The predicted molar refractivity (Wildman–Crippen MR) is 79.0 cm³/mol. The van der Waals surface area contributed by atoms with Crippen molar-refractivity contribution in [3.05, 3.63) is 42.7 Å². The number of nitrogens with zero attached hydrogens (tertiary/aromatic N) is 2. The first-order valence-electron chi connectivity index (χ1n) is 6.77. The molecule has 114 valence electrons. The number of benzene rings is 1. The lowest BCUT2D eigenvalue weighted by Gasteiger charge is -2.10. The van der Waals surface area contributed by atoms with E-state index in [0.717, 1.165) is 11.3 Å². The smallest absolute Gasteiger partial charge is 0.283 e. The van der Waals surface area contributed by atoms with Crippen molar-refractivity contribution in [2.24, 2.45) is 0 Å². The van der Waals surface area contributed by atoms with Gasteiger partial charge in [0.2, 0.25) is 5.89 Å². The maximum Gasteiger partial charge on any atom is 0.283 e. The molecule has 0 spiro atoms. The summed E-state index contributed by atoms with van der Waals surface area (Å²) in [6.45, 7) is 0.00166. The summed E-state index contributed by atoms with van der Waals surface area (Å²) in [5.74, 6) is 1.25. The normalized spacial score (nSPS) is 12.3. The minimum absolute atomic E-state index is 0.275. The van der Waals surface area contributed by atoms with Crippen molar-refractivity contribution in [1.82, 2.24) is 10.2 Å². The van der Waals surface area contributed by atoms with Crippen molar-refractivity contribution in [2.75, 3.05) is 18.5 Å². The standard InChI is InChI=1S/C15H15N3O4/c19-9-12(20)8-16-11-5-3-10(4-6-11)14-17-18-15(22-14)13-2-1-7-21-13/h1-7,12,16,19-20H,8-9H2. The lowest BCUT2D eigenvalue weighted by molar-refractivity contribution is 0.105. The van der Waals surface area contributed by atoms with Crippen LogP contribution in [0.5, 0.6) is 0 Å². The van der Waals surface area contributed by atoms with Crippen LogP contribution in [0, 0.1) is 0 Å². The Labute approximate surface area is 126 Å². The number of aliphatic hydroxyl groups is 2. The lowest BCUT2D eigenvalue weighted by Crippen LogP contribution is -2.22. The quantitative estimate of drug-likeness (QED) is 0.637. The molecule has 0 radical (unpaired) electrons. The van der Waals surface area contributed by atoms with Gasteiger partial charge in [-0.15, -0.1) is 10.2 Å². The van der Waals surface area contributed by atoms with E-state index in [1.54, 1.807) is 18.4 Å². The van der Waals surface area contributed by atoms with Crippen LogP contribution >= 0.6 is 0 Å². The Morgan fingerprint density at radius 1 is 1.09 bits per heavy atom. The van der Waals surface area contributed by atoms with Crippen molar-refractivity contribution < 1.29 is 19.0 Å². The number of hydrogen-bond acceptors (Lipinski definition) is 7. The minimum Gasteiger partial charge on any atom is -0.459 e. The zero-order chi connectivity index (χ0) is 15.4. The monoisotopic (exact) mass is 301 g/mol. The molecule has 1 atom stereocenters. The van der Waals surface area contributed by atoms with Gasteiger partial charge in [0, 0.05) is 17.8 Å². The Kier molecular flexibility index (Phi) is 4.17. The summed E-state index contributed by atoms with van der Waals surface area (Å²) in [5.41, 5.74) is 1.60. The molecule has 2 heterocycles. The molecule has 0 aliphatic rings. The molecule has 1 aromatic carbocycles. The molecule has 3 aromatic rings. The second-order valence-corrected chi connectivity index (χ2v) is 4.68. The fourth-order valence-electron chi connectivity index (χ4n) is 1.87. The molecule has 22 heavy (non-hydrogen) atoms. The maximum absolute atomic E-state index is 9.29. The Balaban J connectivity index is 1.70. The van der Waals surface area contributed by atoms with Gasteiger partial charge in [0.1, 0.15) is 0 Å². The Hall–Kier alpha value is -2.64. The van der Waals surface area contributed by atoms with Gasteiger partial charge >= 0.3 is 0 Å². The van der Waals surface area contributed by atoms with Gasteiger partial charge in [-0.3, -0.25) is 0 Å². The topological polar surface area (TPSA) is 105 Å². The highest BCUT2D eigenvalue weighted by Gasteiger charge is 2.12. The van der Waals surface area contributed by atoms with Crippen LogP contribution in [-0.4, -0.2) is 39.7 Å². The molecular formula is C15H15N3O4. The first kappa shape index (κ1) is 14.3. The molecule has 3 N–H and O–H groups in total. The second kappa shape index (κ2) is 6.42. The molecule has 2 aromatic heterocycles. The van der Waals surface area contributed by atoms with Crippen LogP contribution < -0.4 is 5.32 Å². The molecule has 0 aliphatic heterocycles. The van der Waals surface area contributed by atoms with Crippen molar-refractivity contribution in [3.8, 4) is 23.1 Å². The van der Waals surface area contributed by atoms with Crippen LogP contribution in [0.1, 0.15) is 0 Å². The summed E-state index contributed by atoms with van der Waals surface area (Å²) < 4.78 is 10.8. The van der Waals surface area contributed by atoms with Gasteiger partial charge in [-0.25, -0.2) is 0 Å². The van der Waals surface area contributed by atoms with E-state index in [9.17, 15) is 5.11 Å². The van der Waals surface area contributed by atoms with E-state index < -0.39 is 6.10 Å². The van der Waals surface area contributed by atoms with E-state index >= 15 is 0 Å². The average Bonchev–Trinajstić information content (AvgIpc) is 3.23. The molecule has 0 saturated heterocycles. The highest BCUT2D eigenvalue weighted by atomic mass is 16.4. The van der Waals surface area contributed by atoms with Gasteiger partial charge in [-0.2, -0.15) is 0 Å². The number of aliphatic hydroxyl groups excluding tert-OH is 2. The van der Waals surface area contributed by atoms with Crippen LogP contribution in [0.4, 0.5) is 5.69 Å². The second-order valence-electron chi connectivity index (χ2n) is 4.68. The van der Waals surface area contributed by atoms with Gasteiger partial charge in [-0.1, -0.05) is 0 Å². The highest BCUT2D eigenvalue weighted by molar-refractivity contribution is 5.59. The van der Waals surface area contributed by atoms with Crippen LogP contribution in [0.15, 0.2) is 51.5 Å². The van der Waals surface area contributed by atoms with Crippen LogP contribution in [0.3, 0.4) is 0 Å². The van der Waals surface area contributed by atoms with Crippen LogP contribution in [0.25, 0.3) is 23.1 Å². The Bertz CT molecular complexity index is 707. The molecule has 0 bridgehead atoms. The zero-order valence-corrected chi connectivity index (χ0v) is 11.6. The Morgan fingerprint density at radius 3 is 2.55 bits per heavy atom. The van der Waals surface area contributed by atoms with Crippen molar-refractivity contribution in [2.45, 2.75) is 6.10 Å². The molecule has 0 fully saturated rings. The minimum atomic E-state index is -0.786. The number of anilines is 1. The molecule has 1 unspecified atom stereocenters. The molecule has 0 saturated carbocycles. The maximum atomic E-state index is 9.29. The summed E-state index contributed by atoms with van der Waals surface area (Å²) in [7, 11) is 0. The van der Waals surface area contributed by atoms with Gasteiger partial charge in [0.05, 0.1) is 19.0 Å². The third-order valence-corrected chi connectivity index (χ3v) is 3.04. The summed E-state index contributed by atoms with van der Waals surface area (Å²) in [5, 5.41) is 29.0. The van der Waals surface area contributed by atoms with Crippen molar-refractivity contribution in [3.63, 3.8) is 0 Å². The zero-order valence-electron chi connectivity index (χ0n) is 11.6. The summed E-state index contributed by atoms with van der Waals surface area (Å²) >= 11 is 0. The van der Waals surface area contributed by atoms with Gasteiger partial charge in [0.25, 0.3) is 5.89 Å². The van der Waals surface area contributed by atoms with E-state index in [1.165, 1.54) is 0 Å². The summed E-state index contributed by atoms with van der Waals surface area (Å²) in [6.07, 6.45) is 0.756. The van der Waals surface area contributed by atoms with Gasteiger partial charge in [0.15, 0.2) is 5.76 Å². The Morgan fingerprint density at radius 2 is 1.86 bits per heavy atom. The fourth-order valence-corrected chi connectivity index (χ4v) is 1.87. The molecule has 0 aliphatic carbocycles. The van der Waals surface area contributed by atoms with Crippen molar-refractivity contribution in [1.29, 1.82) is 0 Å². The van der Waals surface area contributed by atoms with Gasteiger partial charge < -0.3 is 24.4 Å². The number of furan rings is 1. The van der Waals surface area contributed by atoms with E-state index in [1.807, 2.05) is 24.3 Å². The van der Waals surface area contributed by atoms with Crippen molar-refractivity contribution >= 4 is 5.69 Å². The highest BCUT2D eigenvalue weighted by Crippen LogP contribution is 2.24. The molecule has 0 amide bonds. The number of rotatable bonds is 6. The predicted octanol–water partition coefficient (Wildman–Crippen LogP) is 1.76. The van der Waals surface area contributed by atoms with E-state index in [0.29, 0.717) is 17.5 Å². The van der Waals surface area contributed by atoms with Crippen LogP contribution in [-0.2, 0) is 0 Å². The largest absolute Gasteiger partial charge is 0.459 e. The molecule has 3 rings (SSSR count). The van der Waals surface area contributed by atoms with E-state index in [2.05, 4.69) is 15.5 Å². The summed E-state index contributed by atoms with van der Waals surface area (Å²) in [4.78, 5) is 0. The molecule has 7 nitrogen and oxygen atoms in total. The number of hydrogen-bond donors (Lipinski definition) is 3. The van der Waals surface area contributed by atoms with E-state index in [4.69, 9.17) is 13.9 Å². The average molecular weight is 301 g/mol. The molecule has 7 heteroatoms. The van der Waals surface area contributed by atoms with Gasteiger partial charge in [-0.05, 0) is 36.4 Å². The summed E-state index contributed by atoms with van der Waals surface area (Å²) in [6, 6.07) is 10.8. The molecular weight excluding hydrogens is 286 g/mol. The lowest BCUT2D eigenvalue weighted by atomic mass is 10.2.